The molecule has 0 radical (unpaired) electrons. The van der Waals surface area contributed by atoms with Gasteiger partial charge in [-0.05, 0) is 36.6 Å². The number of amidine groups is 1. The number of nitrogens with zero attached hydrogens (tertiary/aromatic N) is 3. The van der Waals surface area contributed by atoms with E-state index in [1.165, 1.54) is 11.8 Å². The zero-order chi connectivity index (χ0) is 19.2. The van der Waals surface area contributed by atoms with Gasteiger partial charge >= 0.3 is 0 Å². The number of benzene rings is 2. The molecule has 0 spiro atoms. The van der Waals surface area contributed by atoms with Crippen molar-refractivity contribution in [2.45, 2.75) is 32.1 Å². The molecule has 27 heavy (non-hydrogen) atoms. The Labute approximate surface area is 164 Å². The average Bonchev–Trinajstić information content (AvgIpc) is 2.99. The quantitative estimate of drug-likeness (QED) is 0.555. The lowest BCUT2D eigenvalue weighted by atomic mass is 10.1. The van der Waals surface area contributed by atoms with Crippen molar-refractivity contribution in [2.24, 2.45) is 10.2 Å². The fourth-order valence-electron chi connectivity index (χ4n) is 2.86. The van der Waals surface area contributed by atoms with Crippen molar-refractivity contribution in [3.63, 3.8) is 0 Å². The highest BCUT2D eigenvalue weighted by atomic mass is 32.2. The molecule has 0 bridgehead atoms. The van der Waals surface area contributed by atoms with E-state index in [2.05, 4.69) is 23.2 Å². The summed E-state index contributed by atoms with van der Waals surface area (Å²) >= 11 is 1.48. The minimum atomic E-state index is -0.103. The first-order valence-corrected chi connectivity index (χ1v) is 9.78. The van der Waals surface area contributed by atoms with Crippen molar-refractivity contribution >= 4 is 29.1 Å². The van der Waals surface area contributed by atoms with Crippen LogP contribution < -0.4 is 4.74 Å². The van der Waals surface area contributed by atoms with Crippen LogP contribution in [0.1, 0.15) is 30.0 Å². The normalized spacial score (nSPS) is 18.6. The molecule has 3 rings (SSSR count). The van der Waals surface area contributed by atoms with Gasteiger partial charge in [0.05, 0.1) is 25.1 Å². The molecule has 0 aliphatic carbocycles. The highest BCUT2D eigenvalue weighted by Crippen LogP contribution is 2.31. The zero-order valence-electron chi connectivity index (χ0n) is 15.8. The molecule has 1 aliphatic rings. The van der Waals surface area contributed by atoms with Crippen LogP contribution >= 0.6 is 11.8 Å². The third-order valence-corrected chi connectivity index (χ3v) is 5.79. The van der Waals surface area contributed by atoms with Crippen molar-refractivity contribution in [3.8, 4) is 5.75 Å². The van der Waals surface area contributed by atoms with Crippen molar-refractivity contribution in [1.82, 2.24) is 4.90 Å². The maximum absolute atomic E-state index is 12.7. The number of para-hydroxylation sites is 1. The van der Waals surface area contributed by atoms with Gasteiger partial charge in [0.2, 0.25) is 5.91 Å². The van der Waals surface area contributed by atoms with E-state index >= 15 is 0 Å². The minimum absolute atomic E-state index is 0.0944. The van der Waals surface area contributed by atoms with Gasteiger partial charge in [-0.15, -0.1) is 5.10 Å². The fraction of sp³-hybridized carbons (Fsp3) is 0.286. The molecular formula is C21H23N3O2S. The third kappa shape index (κ3) is 4.39. The first-order valence-electron chi connectivity index (χ1n) is 8.90. The molecule has 1 heterocycles. The van der Waals surface area contributed by atoms with Crippen molar-refractivity contribution in [1.29, 1.82) is 0 Å². The number of ether oxygens (including phenoxy) is 1. The van der Waals surface area contributed by atoms with Gasteiger partial charge < -0.3 is 4.74 Å². The van der Waals surface area contributed by atoms with Crippen LogP contribution in [-0.4, -0.2) is 34.5 Å². The van der Waals surface area contributed by atoms with Gasteiger partial charge in [0.25, 0.3) is 0 Å². The standard InChI is InChI=1S/C21H23N3O2S/c1-4-19-20(25)24(14-17-11-6-5-9-15(17)2)21(27-19)23-22-13-16-10-7-8-12-18(16)26-3/h5-13,19H,4,14H2,1-3H3/b22-13-,23-21-/t19-/m0/s1. The van der Waals surface area contributed by atoms with E-state index < -0.39 is 0 Å². The van der Waals surface area contributed by atoms with Gasteiger partial charge in [-0.3, -0.25) is 9.69 Å². The maximum atomic E-state index is 12.7. The van der Waals surface area contributed by atoms with Crippen LogP contribution in [0.25, 0.3) is 0 Å². The van der Waals surface area contributed by atoms with E-state index in [9.17, 15) is 4.79 Å². The van der Waals surface area contributed by atoms with Crippen LogP contribution in [0.3, 0.4) is 0 Å². The van der Waals surface area contributed by atoms with Gasteiger partial charge in [0, 0.05) is 5.56 Å². The van der Waals surface area contributed by atoms with Crippen LogP contribution in [0, 0.1) is 6.92 Å². The molecule has 0 unspecified atom stereocenters. The Hall–Kier alpha value is -2.60. The summed E-state index contributed by atoms with van der Waals surface area (Å²) in [4.78, 5) is 14.5. The molecule has 2 aromatic rings. The van der Waals surface area contributed by atoms with Crippen molar-refractivity contribution in [3.05, 3.63) is 65.2 Å². The van der Waals surface area contributed by atoms with Crippen molar-refractivity contribution < 1.29 is 9.53 Å². The van der Waals surface area contributed by atoms with E-state index in [1.54, 1.807) is 18.2 Å². The highest BCUT2D eigenvalue weighted by molar-refractivity contribution is 8.15. The third-order valence-electron chi connectivity index (χ3n) is 4.46. The number of carbonyl (C=O) groups excluding carboxylic acids is 1. The van der Waals surface area contributed by atoms with E-state index in [-0.39, 0.29) is 11.2 Å². The SMILES string of the molecule is CC[C@@H]1S/C(=N\N=C/c2ccccc2OC)N(Cc2ccccc2C)C1=O. The molecular weight excluding hydrogens is 358 g/mol. The second-order valence-corrected chi connectivity index (χ2v) is 7.40. The Morgan fingerprint density at radius 3 is 2.67 bits per heavy atom. The summed E-state index contributed by atoms with van der Waals surface area (Å²) in [7, 11) is 1.62. The number of methoxy groups -OCH3 is 1. The summed E-state index contributed by atoms with van der Waals surface area (Å²) in [6.45, 7) is 4.58. The molecule has 140 valence electrons. The highest BCUT2D eigenvalue weighted by Gasteiger charge is 2.37. The first kappa shape index (κ1) is 19.2. The van der Waals surface area contributed by atoms with Crippen molar-refractivity contribution in [2.75, 3.05) is 7.11 Å². The summed E-state index contributed by atoms with van der Waals surface area (Å²) in [5, 5.41) is 9.10. The molecule has 2 aromatic carbocycles. The van der Waals surface area contributed by atoms with Crippen LogP contribution in [0.2, 0.25) is 0 Å². The number of aryl methyl sites for hydroxylation is 1. The number of hydrogen-bond acceptors (Lipinski definition) is 5. The smallest absolute Gasteiger partial charge is 0.242 e. The van der Waals surface area contributed by atoms with Gasteiger partial charge in [-0.2, -0.15) is 5.10 Å². The molecule has 1 saturated heterocycles. The Morgan fingerprint density at radius 1 is 1.19 bits per heavy atom. The second kappa shape index (κ2) is 8.86. The lowest BCUT2D eigenvalue weighted by molar-refractivity contribution is -0.126. The summed E-state index contributed by atoms with van der Waals surface area (Å²) in [5.41, 5.74) is 3.12. The van der Waals surface area contributed by atoms with E-state index in [0.29, 0.717) is 11.7 Å². The summed E-state index contributed by atoms with van der Waals surface area (Å²) < 4.78 is 5.32. The molecule has 1 aliphatic heterocycles. The topological polar surface area (TPSA) is 54.3 Å². The van der Waals surface area contributed by atoms with Gasteiger partial charge in [0.15, 0.2) is 5.17 Å². The number of rotatable bonds is 6. The largest absolute Gasteiger partial charge is 0.496 e. The van der Waals surface area contributed by atoms with Gasteiger partial charge in [-0.25, -0.2) is 0 Å². The number of hydrogen-bond donors (Lipinski definition) is 0. The van der Waals surface area contributed by atoms with E-state index in [1.807, 2.05) is 49.4 Å². The minimum Gasteiger partial charge on any atom is -0.496 e. The molecule has 1 atom stereocenters. The van der Waals surface area contributed by atoms with Gasteiger partial charge in [-0.1, -0.05) is 55.1 Å². The van der Waals surface area contributed by atoms with Gasteiger partial charge in [0.1, 0.15) is 5.75 Å². The monoisotopic (exact) mass is 381 g/mol. The Kier molecular flexibility index (Phi) is 6.29. The maximum Gasteiger partial charge on any atom is 0.242 e. The molecule has 0 saturated carbocycles. The lowest BCUT2D eigenvalue weighted by Crippen LogP contribution is -2.31. The zero-order valence-corrected chi connectivity index (χ0v) is 16.6. The predicted molar refractivity (Wildman–Crippen MR) is 111 cm³/mol. The Balaban J connectivity index is 1.84. The molecule has 1 amide bonds. The van der Waals surface area contributed by atoms with E-state index in [4.69, 9.17) is 4.74 Å². The summed E-state index contributed by atoms with van der Waals surface area (Å²) in [6, 6.07) is 15.7. The number of carbonyl (C=O) groups is 1. The summed E-state index contributed by atoms with van der Waals surface area (Å²) in [6.07, 6.45) is 2.42. The summed E-state index contributed by atoms with van der Waals surface area (Å²) in [5.74, 6) is 0.830. The molecule has 0 N–H and O–H groups in total. The van der Waals surface area contributed by atoms with Crippen LogP contribution in [0.15, 0.2) is 58.7 Å². The lowest BCUT2D eigenvalue weighted by Gasteiger charge is -2.17. The number of amides is 1. The first-order chi connectivity index (χ1) is 13.1. The second-order valence-electron chi connectivity index (χ2n) is 6.23. The van der Waals surface area contributed by atoms with Crippen LogP contribution in [-0.2, 0) is 11.3 Å². The molecule has 0 aromatic heterocycles. The Bertz CT molecular complexity index is 879. The fourth-order valence-corrected chi connectivity index (χ4v) is 3.89. The van der Waals surface area contributed by atoms with Crippen LogP contribution in [0.4, 0.5) is 0 Å². The van der Waals surface area contributed by atoms with Crippen LogP contribution in [0.5, 0.6) is 5.75 Å². The molecule has 5 nitrogen and oxygen atoms in total. The average molecular weight is 382 g/mol. The molecule has 1 fully saturated rings. The number of thioether (sulfide) groups is 1. The Morgan fingerprint density at radius 2 is 1.93 bits per heavy atom. The predicted octanol–water partition coefficient (Wildman–Crippen LogP) is 4.25. The van der Waals surface area contributed by atoms with E-state index in [0.717, 1.165) is 28.9 Å². The molecule has 6 heteroatoms.